The van der Waals surface area contributed by atoms with Gasteiger partial charge < -0.3 is 15.8 Å². The van der Waals surface area contributed by atoms with Gasteiger partial charge in [0.05, 0.1) is 12.7 Å². The van der Waals surface area contributed by atoms with E-state index in [9.17, 15) is 4.79 Å². The molecule has 0 aliphatic heterocycles. The van der Waals surface area contributed by atoms with Crippen LogP contribution < -0.4 is 15.8 Å². The molecule has 2 rings (SSSR count). The van der Waals surface area contributed by atoms with E-state index < -0.39 is 0 Å². The quantitative estimate of drug-likeness (QED) is 0.839. The molecule has 0 radical (unpaired) electrons. The van der Waals surface area contributed by atoms with Crippen LogP contribution in [0.1, 0.15) is 21.5 Å². The Morgan fingerprint density at radius 2 is 2.05 bits per heavy atom. The molecule has 0 unspecified atom stereocenters. The van der Waals surface area contributed by atoms with Gasteiger partial charge >= 0.3 is 0 Å². The van der Waals surface area contributed by atoms with E-state index in [2.05, 4.69) is 5.32 Å². The molecule has 4 heteroatoms. The van der Waals surface area contributed by atoms with E-state index in [4.69, 9.17) is 10.5 Å². The number of nitrogens with two attached hydrogens (primary N) is 1. The summed E-state index contributed by atoms with van der Waals surface area (Å²) in [5.74, 6) is 0.316. The van der Waals surface area contributed by atoms with E-state index >= 15 is 0 Å². The predicted molar refractivity (Wildman–Crippen MR) is 79.8 cm³/mol. The Labute approximate surface area is 118 Å². The third-order valence-corrected chi connectivity index (χ3v) is 3.00. The zero-order chi connectivity index (χ0) is 14.5. The minimum absolute atomic E-state index is 0.198. The second-order valence-corrected chi connectivity index (χ2v) is 4.63. The third kappa shape index (κ3) is 3.29. The summed E-state index contributed by atoms with van der Waals surface area (Å²) in [7, 11) is 1.53. The highest BCUT2D eigenvalue weighted by Crippen LogP contribution is 2.21. The summed E-state index contributed by atoms with van der Waals surface area (Å²) in [5, 5.41) is 2.87. The van der Waals surface area contributed by atoms with E-state index in [1.807, 2.05) is 31.2 Å². The summed E-state index contributed by atoms with van der Waals surface area (Å²) in [6.45, 7) is 2.49. The first-order chi connectivity index (χ1) is 9.60. The second kappa shape index (κ2) is 6.10. The normalized spacial score (nSPS) is 10.1. The van der Waals surface area contributed by atoms with Gasteiger partial charge in [0.15, 0.2) is 0 Å². The SMILES string of the molecule is COc1ccc(N)cc1C(=O)NCc1cccc(C)c1. The van der Waals surface area contributed by atoms with Crippen molar-refractivity contribution in [1.82, 2.24) is 5.32 Å². The maximum Gasteiger partial charge on any atom is 0.255 e. The lowest BCUT2D eigenvalue weighted by Crippen LogP contribution is -2.23. The van der Waals surface area contributed by atoms with E-state index in [-0.39, 0.29) is 5.91 Å². The Morgan fingerprint density at radius 1 is 1.25 bits per heavy atom. The number of aryl methyl sites for hydroxylation is 1. The lowest BCUT2D eigenvalue weighted by molar-refractivity contribution is 0.0948. The van der Waals surface area contributed by atoms with E-state index in [1.54, 1.807) is 18.2 Å². The molecule has 2 aromatic rings. The number of benzene rings is 2. The van der Waals surface area contributed by atoms with Crippen LogP contribution in [0.5, 0.6) is 5.75 Å². The second-order valence-electron chi connectivity index (χ2n) is 4.63. The standard InChI is InChI=1S/C16H18N2O2/c1-11-4-3-5-12(8-11)10-18-16(19)14-9-13(17)6-7-15(14)20-2/h3-9H,10,17H2,1-2H3,(H,18,19). The maximum atomic E-state index is 12.2. The average Bonchev–Trinajstić information content (AvgIpc) is 2.45. The van der Waals surface area contributed by atoms with Gasteiger partial charge in [-0.05, 0) is 30.7 Å². The molecule has 104 valence electrons. The minimum atomic E-state index is -0.198. The van der Waals surface area contributed by atoms with E-state index in [1.165, 1.54) is 12.7 Å². The molecule has 0 aliphatic carbocycles. The number of carbonyl (C=O) groups excluding carboxylic acids is 1. The van der Waals surface area contributed by atoms with Crippen LogP contribution in [0, 0.1) is 6.92 Å². The molecule has 1 amide bonds. The van der Waals surface area contributed by atoms with Crippen molar-refractivity contribution in [3.63, 3.8) is 0 Å². The number of anilines is 1. The van der Waals surface area contributed by atoms with Crippen molar-refractivity contribution in [3.8, 4) is 5.75 Å². The van der Waals surface area contributed by atoms with Crippen LogP contribution in [0.2, 0.25) is 0 Å². The van der Waals surface area contributed by atoms with Crippen molar-refractivity contribution in [1.29, 1.82) is 0 Å². The van der Waals surface area contributed by atoms with Crippen molar-refractivity contribution in [2.24, 2.45) is 0 Å². The molecular formula is C16H18N2O2. The number of nitrogens with one attached hydrogen (secondary N) is 1. The molecule has 0 spiro atoms. The van der Waals surface area contributed by atoms with Crippen LogP contribution in [-0.2, 0) is 6.54 Å². The largest absolute Gasteiger partial charge is 0.496 e. The number of nitrogen functional groups attached to an aromatic ring is 1. The fourth-order valence-electron chi connectivity index (χ4n) is 2.00. The highest BCUT2D eigenvalue weighted by Gasteiger charge is 2.12. The molecule has 0 saturated heterocycles. The molecule has 2 aromatic carbocycles. The fraction of sp³-hybridized carbons (Fsp3) is 0.188. The lowest BCUT2D eigenvalue weighted by Gasteiger charge is -2.10. The van der Waals surface area contributed by atoms with Gasteiger partial charge in [0.2, 0.25) is 0 Å². The predicted octanol–water partition coefficient (Wildman–Crippen LogP) is 2.52. The zero-order valence-electron chi connectivity index (χ0n) is 11.6. The minimum Gasteiger partial charge on any atom is -0.496 e. The van der Waals surface area contributed by atoms with Gasteiger partial charge in [-0.15, -0.1) is 0 Å². The van der Waals surface area contributed by atoms with Gasteiger partial charge in [0, 0.05) is 12.2 Å². The number of hydrogen-bond donors (Lipinski definition) is 2. The Balaban J connectivity index is 2.10. The molecule has 0 aromatic heterocycles. The molecule has 3 N–H and O–H groups in total. The first-order valence-electron chi connectivity index (χ1n) is 6.37. The molecule has 0 saturated carbocycles. The van der Waals surface area contributed by atoms with Gasteiger partial charge in [-0.3, -0.25) is 4.79 Å². The van der Waals surface area contributed by atoms with Crippen molar-refractivity contribution < 1.29 is 9.53 Å². The van der Waals surface area contributed by atoms with Crippen molar-refractivity contribution >= 4 is 11.6 Å². The highest BCUT2D eigenvalue weighted by molar-refractivity contribution is 5.97. The van der Waals surface area contributed by atoms with Crippen LogP contribution in [0.25, 0.3) is 0 Å². The number of hydrogen-bond acceptors (Lipinski definition) is 3. The summed E-state index contributed by atoms with van der Waals surface area (Å²) in [4.78, 5) is 12.2. The molecule has 0 fully saturated rings. The van der Waals surface area contributed by atoms with E-state index in [0.717, 1.165) is 5.56 Å². The van der Waals surface area contributed by atoms with E-state index in [0.29, 0.717) is 23.5 Å². The number of ether oxygens (including phenoxy) is 1. The van der Waals surface area contributed by atoms with Crippen molar-refractivity contribution in [2.75, 3.05) is 12.8 Å². The summed E-state index contributed by atoms with van der Waals surface area (Å²) in [6, 6.07) is 13.0. The molecular weight excluding hydrogens is 252 g/mol. The monoisotopic (exact) mass is 270 g/mol. The molecule has 0 atom stereocenters. The fourth-order valence-corrected chi connectivity index (χ4v) is 2.00. The average molecular weight is 270 g/mol. The molecule has 0 aliphatic rings. The van der Waals surface area contributed by atoms with Crippen molar-refractivity contribution in [3.05, 3.63) is 59.2 Å². The maximum absolute atomic E-state index is 12.2. The first-order valence-corrected chi connectivity index (χ1v) is 6.37. The Morgan fingerprint density at radius 3 is 2.75 bits per heavy atom. The molecule has 4 nitrogen and oxygen atoms in total. The van der Waals surface area contributed by atoms with Crippen LogP contribution in [0.4, 0.5) is 5.69 Å². The van der Waals surface area contributed by atoms with Gasteiger partial charge in [-0.25, -0.2) is 0 Å². The lowest BCUT2D eigenvalue weighted by atomic mass is 10.1. The smallest absolute Gasteiger partial charge is 0.255 e. The van der Waals surface area contributed by atoms with Gasteiger partial charge in [0.1, 0.15) is 5.75 Å². The van der Waals surface area contributed by atoms with Crippen LogP contribution in [-0.4, -0.2) is 13.0 Å². The Kier molecular flexibility index (Phi) is 4.25. The summed E-state index contributed by atoms with van der Waals surface area (Å²) in [5.41, 5.74) is 8.91. The highest BCUT2D eigenvalue weighted by atomic mass is 16.5. The number of amides is 1. The third-order valence-electron chi connectivity index (χ3n) is 3.00. The topological polar surface area (TPSA) is 64.3 Å². The summed E-state index contributed by atoms with van der Waals surface area (Å²) in [6.07, 6.45) is 0. The Hall–Kier alpha value is -2.49. The van der Waals surface area contributed by atoms with Gasteiger partial charge in [0.25, 0.3) is 5.91 Å². The number of rotatable bonds is 4. The van der Waals surface area contributed by atoms with Crippen LogP contribution >= 0.6 is 0 Å². The van der Waals surface area contributed by atoms with Gasteiger partial charge in [-0.1, -0.05) is 29.8 Å². The molecule has 20 heavy (non-hydrogen) atoms. The summed E-state index contributed by atoms with van der Waals surface area (Å²) < 4.78 is 5.18. The molecule has 0 heterocycles. The van der Waals surface area contributed by atoms with Crippen LogP contribution in [0.15, 0.2) is 42.5 Å². The van der Waals surface area contributed by atoms with Crippen molar-refractivity contribution in [2.45, 2.75) is 13.5 Å². The first kappa shape index (κ1) is 13.9. The number of methoxy groups -OCH3 is 1. The van der Waals surface area contributed by atoms with Crippen LogP contribution in [0.3, 0.4) is 0 Å². The summed E-state index contributed by atoms with van der Waals surface area (Å²) >= 11 is 0. The molecule has 0 bridgehead atoms. The Bertz CT molecular complexity index is 624. The number of carbonyl (C=O) groups is 1. The van der Waals surface area contributed by atoms with Gasteiger partial charge in [-0.2, -0.15) is 0 Å². The zero-order valence-corrected chi connectivity index (χ0v) is 11.6.